The van der Waals surface area contributed by atoms with Crippen molar-refractivity contribution in [3.8, 4) is 0 Å². The van der Waals surface area contributed by atoms with Crippen LogP contribution in [0.15, 0.2) is 0 Å². The number of methoxy groups -OCH3 is 1. The Morgan fingerprint density at radius 2 is 1.94 bits per heavy atom. The van der Waals surface area contributed by atoms with Crippen molar-refractivity contribution in [1.29, 1.82) is 0 Å². The summed E-state index contributed by atoms with van der Waals surface area (Å²) >= 11 is 0. The molecule has 4 heteroatoms. The summed E-state index contributed by atoms with van der Waals surface area (Å²) in [5.41, 5.74) is 3.14. The number of nitrogens with zero attached hydrogens (tertiary/aromatic N) is 2. The van der Waals surface area contributed by atoms with E-state index in [1.54, 1.807) is 7.11 Å². The van der Waals surface area contributed by atoms with Gasteiger partial charge in [0.1, 0.15) is 5.60 Å². The monoisotopic (exact) mass is 235 g/mol. The third kappa shape index (κ3) is 1.96. The van der Waals surface area contributed by atoms with Gasteiger partial charge in [0.2, 0.25) is 0 Å². The van der Waals surface area contributed by atoms with Gasteiger partial charge in [0.15, 0.2) is 5.82 Å². The lowest BCUT2D eigenvalue weighted by atomic mass is 9.95. The first-order chi connectivity index (χ1) is 8.16. The molecule has 0 unspecified atom stereocenters. The van der Waals surface area contributed by atoms with Crippen LogP contribution in [0.4, 0.5) is 0 Å². The second-order valence-corrected chi connectivity index (χ2v) is 4.57. The summed E-state index contributed by atoms with van der Waals surface area (Å²) in [7, 11) is 1.75. The number of aryl methyl sites for hydroxylation is 1. The fourth-order valence-corrected chi connectivity index (χ4v) is 2.49. The number of ether oxygens (including phenoxy) is 1. The van der Waals surface area contributed by atoms with Crippen LogP contribution in [0.2, 0.25) is 0 Å². The average molecular weight is 235 g/mol. The summed E-state index contributed by atoms with van der Waals surface area (Å²) in [6.07, 6.45) is 1.79. The van der Waals surface area contributed by atoms with Gasteiger partial charge < -0.3 is 10.1 Å². The van der Waals surface area contributed by atoms with Gasteiger partial charge in [0.05, 0.1) is 5.69 Å². The van der Waals surface area contributed by atoms with Crippen LogP contribution in [-0.4, -0.2) is 17.1 Å². The van der Waals surface area contributed by atoms with Crippen molar-refractivity contribution in [1.82, 2.24) is 15.3 Å². The first-order valence-corrected chi connectivity index (χ1v) is 6.29. The van der Waals surface area contributed by atoms with Crippen molar-refractivity contribution in [2.75, 3.05) is 7.11 Å². The minimum absolute atomic E-state index is 0.331. The minimum atomic E-state index is -0.331. The van der Waals surface area contributed by atoms with Gasteiger partial charge in [-0.05, 0) is 19.8 Å². The first-order valence-electron chi connectivity index (χ1n) is 6.29. The Kier molecular flexibility index (Phi) is 3.45. The van der Waals surface area contributed by atoms with Crippen LogP contribution in [0.3, 0.4) is 0 Å². The maximum absolute atomic E-state index is 5.69. The van der Waals surface area contributed by atoms with Gasteiger partial charge in [-0.1, -0.05) is 13.8 Å². The highest BCUT2D eigenvalue weighted by molar-refractivity contribution is 5.29. The van der Waals surface area contributed by atoms with E-state index in [0.717, 1.165) is 43.1 Å². The first kappa shape index (κ1) is 12.5. The second-order valence-electron chi connectivity index (χ2n) is 4.57. The molecule has 1 aromatic rings. The number of fused-ring (bicyclic) bond motifs is 1. The average Bonchev–Trinajstić information content (AvgIpc) is 2.81. The predicted octanol–water partition coefficient (Wildman–Crippen LogP) is 2.05. The normalized spacial score (nSPS) is 15.1. The molecule has 0 amide bonds. The van der Waals surface area contributed by atoms with Crippen molar-refractivity contribution in [2.24, 2.45) is 0 Å². The smallest absolute Gasteiger partial charge is 0.160 e. The number of nitrogens with one attached hydrogen (secondary N) is 1. The molecule has 1 aliphatic rings. The molecule has 1 N–H and O–H groups in total. The standard InChI is InChI=1S/C13H21N3O/c1-5-13(6-2,17-4)12-15-9(3)10-7-14-8-11(10)16-12/h14H,5-8H2,1-4H3. The van der Waals surface area contributed by atoms with Crippen molar-refractivity contribution in [3.63, 3.8) is 0 Å². The second kappa shape index (κ2) is 4.70. The lowest BCUT2D eigenvalue weighted by molar-refractivity contribution is -0.0294. The number of hydrogen-bond donors (Lipinski definition) is 1. The van der Waals surface area contributed by atoms with E-state index in [2.05, 4.69) is 31.1 Å². The number of rotatable bonds is 4. The topological polar surface area (TPSA) is 47.0 Å². The molecular formula is C13H21N3O. The Morgan fingerprint density at radius 1 is 1.24 bits per heavy atom. The van der Waals surface area contributed by atoms with Crippen LogP contribution >= 0.6 is 0 Å². The number of hydrogen-bond acceptors (Lipinski definition) is 4. The maximum Gasteiger partial charge on any atom is 0.160 e. The maximum atomic E-state index is 5.69. The van der Waals surface area contributed by atoms with E-state index < -0.39 is 0 Å². The minimum Gasteiger partial charge on any atom is -0.370 e. The van der Waals surface area contributed by atoms with Gasteiger partial charge in [-0.3, -0.25) is 0 Å². The van der Waals surface area contributed by atoms with Gasteiger partial charge in [-0.15, -0.1) is 0 Å². The fraction of sp³-hybridized carbons (Fsp3) is 0.692. The van der Waals surface area contributed by atoms with E-state index >= 15 is 0 Å². The zero-order chi connectivity index (χ0) is 12.5. The molecule has 0 saturated heterocycles. The molecule has 1 aliphatic heterocycles. The molecule has 0 aliphatic carbocycles. The van der Waals surface area contributed by atoms with E-state index in [1.807, 2.05) is 0 Å². The predicted molar refractivity (Wildman–Crippen MR) is 66.6 cm³/mol. The summed E-state index contributed by atoms with van der Waals surface area (Å²) in [5.74, 6) is 0.838. The van der Waals surface area contributed by atoms with E-state index in [0.29, 0.717) is 0 Å². The molecule has 0 aromatic carbocycles. The molecule has 0 bridgehead atoms. The molecule has 94 valence electrons. The summed E-state index contributed by atoms with van der Waals surface area (Å²) in [5, 5.41) is 3.32. The lowest BCUT2D eigenvalue weighted by Gasteiger charge is -2.29. The Morgan fingerprint density at radius 3 is 2.53 bits per heavy atom. The molecule has 0 atom stereocenters. The van der Waals surface area contributed by atoms with Gasteiger partial charge in [0.25, 0.3) is 0 Å². The Hall–Kier alpha value is -1.00. The molecule has 0 radical (unpaired) electrons. The van der Waals surface area contributed by atoms with Gasteiger partial charge in [0, 0.05) is 31.5 Å². The van der Waals surface area contributed by atoms with Gasteiger partial charge >= 0.3 is 0 Å². The molecule has 2 heterocycles. The van der Waals surface area contributed by atoms with Crippen LogP contribution in [0, 0.1) is 6.92 Å². The molecule has 0 spiro atoms. The zero-order valence-electron chi connectivity index (χ0n) is 11.1. The fourth-order valence-electron chi connectivity index (χ4n) is 2.49. The third-order valence-electron chi connectivity index (χ3n) is 3.83. The third-order valence-corrected chi connectivity index (χ3v) is 3.83. The van der Waals surface area contributed by atoms with Crippen molar-refractivity contribution < 1.29 is 4.74 Å². The van der Waals surface area contributed by atoms with Gasteiger partial charge in [-0.25, -0.2) is 9.97 Å². The van der Waals surface area contributed by atoms with E-state index in [1.165, 1.54) is 5.56 Å². The zero-order valence-corrected chi connectivity index (χ0v) is 11.1. The van der Waals surface area contributed by atoms with Crippen molar-refractivity contribution >= 4 is 0 Å². The van der Waals surface area contributed by atoms with E-state index in [9.17, 15) is 0 Å². The highest BCUT2D eigenvalue weighted by Crippen LogP contribution is 2.31. The van der Waals surface area contributed by atoms with Crippen LogP contribution in [0.25, 0.3) is 0 Å². The summed E-state index contributed by atoms with van der Waals surface area (Å²) in [4.78, 5) is 9.35. The van der Waals surface area contributed by atoms with Crippen LogP contribution in [-0.2, 0) is 23.4 Å². The molecule has 2 rings (SSSR count). The highest BCUT2D eigenvalue weighted by Gasteiger charge is 2.33. The largest absolute Gasteiger partial charge is 0.370 e. The van der Waals surface area contributed by atoms with Crippen molar-refractivity contribution in [3.05, 3.63) is 22.8 Å². The highest BCUT2D eigenvalue weighted by atomic mass is 16.5. The SMILES string of the molecule is CCC(CC)(OC)c1nc(C)c2c(n1)CNC2. The van der Waals surface area contributed by atoms with Gasteiger partial charge in [-0.2, -0.15) is 0 Å². The van der Waals surface area contributed by atoms with Crippen LogP contribution in [0.5, 0.6) is 0 Å². The Bertz CT molecular complexity index is 405. The molecule has 0 fully saturated rings. The molecule has 17 heavy (non-hydrogen) atoms. The Labute approximate surface area is 103 Å². The molecule has 0 saturated carbocycles. The molecular weight excluding hydrogens is 214 g/mol. The summed E-state index contributed by atoms with van der Waals surface area (Å²) < 4.78 is 5.69. The van der Waals surface area contributed by atoms with Crippen LogP contribution < -0.4 is 5.32 Å². The number of aromatic nitrogens is 2. The van der Waals surface area contributed by atoms with E-state index in [-0.39, 0.29) is 5.60 Å². The molecule has 1 aromatic heterocycles. The molecule has 4 nitrogen and oxygen atoms in total. The lowest BCUT2D eigenvalue weighted by Crippen LogP contribution is -2.30. The van der Waals surface area contributed by atoms with Crippen LogP contribution in [0.1, 0.15) is 49.5 Å². The summed E-state index contributed by atoms with van der Waals surface area (Å²) in [6.45, 7) is 8.04. The van der Waals surface area contributed by atoms with Crippen molar-refractivity contribution in [2.45, 2.75) is 52.3 Å². The summed E-state index contributed by atoms with van der Waals surface area (Å²) in [6, 6.07) is 0. The van der Waals surface area contributed by atoms with E-state index in [4.69, 9.17) is 9.72 Å². The quantitative estimate of drug-likeness (QED) is 0.867. The Balaban J connectivity index is 2.49.